The maximum atomic E-state index is 13.8. The highest BCUT2D eigenvalue weighted by Crippen LogP contribution is 2.34. The monoisotopic (exact) mass is 585 g/mol. The predicted molar refractivity (Wildman–Crippen MR) is 139 cm³/mol. The van der Waals surface area contributed by atoms with Gasteiger partial charge in [0.05, 0.1) is 10.5 Å². The summed E-state index contributed by atoms with van der Waals surface area (Å²) in [5.74, 6) is 0.277. The lowest BCUT2D eigenvalue weighted by Crippen LogP contribution is -2.26. The van der Waals surface area contributed by atoms with E-state index in [0.717, 1.165) is 0 Å². The predicted octanol–water partition coefficient (Wildman–Crippen LogP) is 6.41. The molecule has 0 radical (unpaired) electrons. The van der Waals surface area contributed by atoms with Gasteiger partial charge in [-0.1, -0.05) is 35.9 Å². The average molecular weight is 586 g/mol. The summed E-state index contributed by atoms with van der Waals surface area (Å²) >= 11 is 7.32. The molecule has 38 heavy (non-hydrogen) atoms. The summed E-state index contributed by atoms with van der Waals surface area (Å²) in [4.78, 5) is 11.5. The number of nitrogens with one attached hydrogen (secondary N) is 1. The Morgan fingerprint density at radius 3 is 2.37 bits per heavy atom. The van der Waals surface area contributed by atoms with E-state index in [0.29, 0.717) is 39.3 Å². The number of hydrogen-bond acceptors (Lipinski definition) is 5. The number of hydrogen-bond donors (Lipinski definition) is 1. The molecule has 3 aromatic carbocycles. The number of sulfonamides is 1. The summed E-state index contributed by atoms with van der Waals surface area (Å²) < 4.78 is 86.6. The smallest absolute Gasteiger partial charge is 0.417 e. The Morgan fingerprint density at radius 1 is 0.974 bits per heavy atom. The fourth-order valence-electron chi connectivity index (χ4n) is 3.75. The fraction of sp³-hybridized carbons (Fsp3) is 0.192. The third kappa shape index (κ3) is 6.76. The molecule has 1 heterocycles. The molecule has 4 rings (SSSR count). The van der Waals surface area contributed by atoms with E-state index in [1.807, 2.05) is 0 Å². The SMILES string of the molecule is O=c1cc(C(F)(F)F)c2cc(Cc3ccc(S(=O)(=O)NCCSCc4c(F)cccc4Cl)cc3)ccc2o1. The van der Waals surface area contributed by atoms with Crippen molar-refractivity contribution in [3.05, 3.63) is 110 Å². The normalized spacial score (nSPS) is 12.2. The first kappa shape index (κ1) is 28.2. The van der Waals surface area contributed by atoms with Crippen molar-refractivity contribution in [3.8, 4) is 0 Å². The lowest BCUT2D eigenvalue weighted by atomic mass is 10.0. The first-order valence-corrected chi connectivity index (χ1v) is 14.2. The van der Waals surface area contributed by atoms with Crippen molar-refractivity contribution in [2.24, 2.45) is 0 Å². The summed E-state index contributed by atoms with van der Waals surface area (Å²) in [7, 11) is -3.80. The van der Waals surface area contributed by atoms with Gasteiger partial charge in [-0.3, -0.25) is 0 Å². The summed E-state index contributed by atoms with van der Waals surface area (Å²) in [5.41, 5.74) is -0.770. The molecule has 0 aliphatic heterocycles. The van der Waals surface area contributed by atoms with Crippen LogP contribution in [0.4, 0.5) is 17.6 Å². The van der Waals surface area contributed by atoms with Gasteiger partial charge in [0, 0.05) is 40.1 Å². The maximum Gasteiger partial charge on any atom is 0.417 e. The highest BCUT2D eigenvalue weighted by Gasteiger charge is 2.33. The van der Waals surface area contributed by atoms with Crippen molar-refractivity contribution in [3.63, 3.8) is 0 Å². The van der Waals surface area contributed by atoms with Gasteiger partial charge >= 0.3 is 11.8 Å². The number of thioether (sulfide) groups is 1. The first-order valence-electron chi connectivity index (χ1n) is 11.2. The number of benzene rings is 3. The van der Waals surface area contributed by atoms with E-state index in [9.17, 15) is 30.8 Å². The van der Waals surface area contributed by atoms with E-state index in [1.165, 1.54) is 48.2 Å². The Bertz CT molecular complexity index is 1600. The van der Waals surface area contributed by atoms with Crippen molar-refractivity contribution in [2.75, 3.05) is 12.3 Å². The molecule has 0 unspecified atom stereocenters. The quantitative estimate of drug-likeness (QED) is 0.140. The summed E-state index contributed by atoms with van der Waals surface area (Å²) in [6.45, 7) is 0.121. The van der Waals surface area contributed by atoms with Crippen molar-refractivity contribution in [1.29, 1.82) is 0 Å². The molecule has 0 aliphatic rings. The topological polar surface area (TPSA) is 76.4 Å². The van der Waals surface area contributed by atoms with Gasteiger partial charge in [-0.05, 0) is 53.9 Å². The molecular formula is C26H20ClF4NO4S2. The van der Waals surface area contributed by atoms with Crippen LogP contribution < -0.4 is 10.3 Å². The van der Waals surface area contributed by atoms with Crippen LogP contribution in [0.2, 0.25) is 5.02 Å². The van der Waals surface area contributed by atoms with Gasteiger partial charge in [0.15, 0.2) is 0 Å². The van der Waals surface area contributed by atoms with Gasteiger partial charge in [-0.2, -0.15) is 24.9 Å². The molecular weight excluding hydrogens is 566 g/mol. The van der Waals surface area contributed by atoms with Crippen molar-refractivity contribution in [1.82, 2.24) is 4.72 Å². The third-order valence-corrected chi connectivity index (χ3v) is 8.42. The van der Waals surface area contributed by atoms with Crippen molar-refractivity contribution >= 4 is 44.4 Å². The van der Waals surface area contributed by atoms with Crippen LogP contribution >= 0.6 is 23.4 Å². The number of fused-ring (bicyclic) bond motifs is 1. The zero-order valence-electron chi connectivity index (χ0n) is 19.5. The second-order valence-electron chi connectivity index (χ2n) is 8.28. The number of rotatable bonds is 9. The van der Waals surface area contributed by atoms with Gasteiger partial charge in [-0.25, -0.2) is 22.3 Å². The molecule has 200 valence electrons. The van der Waals surface area contributed by atoms with E-state index >= 15 is 0 Å². The van der Waals surface area contributed by atoms with Crippen LogP contribution in [0.5, 0.6) is 0 Å². The van der Waals surface area contributed by atoms with E-state index in [1.54, 1.807) is 24.3 Å². The number of halogens is 5. The molecule has 0 atom stereocenters. The molecule has 0 bridgehead atoms. The van der Waals surface area contributed by atoms with Gasteiger partial charge in [0.25, 0.3) is 0 Å². The van der Waals surface area contributed by atoms with Gasteiger partial charge in [0.1, 0.15) is 11.4 Å². The zero-order valence-corrected chi connectivity index (χ0v) is 21.9. The summed E-state index contributed by atoms with van der Waals surface area (Å²) in [6.07, 6.45) is -4.49. The van der Waals surface area contributed by atoms with Crippen LogP contribution in [0, 0.1) is 5.82 Å². The molecule has 0 saturated carbocycles. The third-order valence-electron chi connectivity index (χ3n) is 5.60. The second kappa shape index (κ2) is 11.5. The van der Waals surface area contributed by atoms with Gasteiger partial charge < -0.3 is 4.42 Å². The van der Waals surface area contributed by atoms with Gasteiger partial charge in [0.2, 0.25) is 10.0 Å². The zero-order chi connectivity index (χ0) is 27.5. The van der Waals surface area contributed by atoms with Crippen LogP contribution in [0.15, 0.2) is 80.8 Å². The Labute approximate surface area is 224 Å². The van der Waals surface area contributed by atoms with Crippen LogP contribution in [0.3, 0.4) is 0 Å². The molecule has 4 aromatic rings. The van der Waals surface area contributed by atoms with Crippen LogP contribution in [0.1, 0.15) is 22.3 Å². The molecule has 1 N–H and O–H groups in total. The maximum absolute atomic E-state index is 13.8. The second-order valence-corrected chi connectivity index (χ2v) is 11.6. The molecule has 0 fully saturated rings. The largest absolute Gasteiger partial charge is 0.423 e. The van der Waals surface area contributed by atoms with E-state index < -0.39 is 33.2 Å². The van der Waals surface area contributed by atoms with E-state index in [4.69, 9.17) is 16.0 Å². The fourth-order valence-corrected chi connectivity index (χ4v) is 6.11. The van der Waals surface area contributed by atoms with E-state index in [-0.39, 0.29) is 28.8 Å². The lowest BCUT2D eigenvalue weighted by molar-refractivity contribution is -0.136. The van der Waals surface area contributed by atoms with Crippen molar-refractivity contribution in [2.45, 2.75) is 23.2 Å². The minimum absolute atomic E-state index is 0.0306. The van der Waals surface area contributed by atoms with Crippen LogP contribution in [-0.4, -0.2) is 20.7 Å². The molecule has 5 nitrogen and oxygen atoms in total. The van der Waals surface area contributed by atoms with Crippen molar-refractivity contribution < 1.29 is 30.4 Å². The molecule has 0 saturated heterocycles. The first-order chi connectivity index (χ1) is 17.9. The molecule has 0 aliphatic carbocycles. The summed E-state index contributed by atoms with van der Waals surface area (Å²) in [6, 6.07) is 15.0. The standard InChI is InChI=1S/C26H20ClF4NO4S2/c27-22-2-1-3-23(28)20(22)15-37-11-10-32-38(34,35)18-7-4-16(5-8-18)12-17-6-9-24-19(13-17)21(26(29,30)31)14-25(33)36-24/h1-9,13-14,32H,10-12,15H2. The average Bonchev–Trinajstić information content (AvgIpc) is 2.85. The Balaban J connectivity index is 1.38. The molecule has 0 spiro atoms. The Morgan fingerprint density at radius 2 is 1.68 bits per heavy atom. The lowest BCUT2D eigenvalue weighted by Gasteiger charge is -2.11. The summed E-state index contributed by atoms with van der Waals surface area (Å²) in [5, 5.41) is 0.0855. The van der Waals surface area contributed by atoms with E-state index in [2.05, 4.69) is 4.72 Å². The highest BCUT2D eigenvalue weighted by atomic mass is 35.5. The highest BCUT2D eigenvalue weighted by molar-refractivity contribution is 7.98. The van der Waals surface area contributed by atoms with Crippen LogP contribution in [-0.2, 0) is 28.4 Å². The minimum atomic E-state index is -4.72. The Hall–Kier alpha value is -2.86. The van der Waals surface area contributed by atoms with Gasteiger partial charge in [-0.15, -0.1) is 0 Å². The molecule has 0 amide bonds. The molecule has 1 aromatic heterocycles. The molecule has 12 heteroatoms. The van der Waals surface area contributed by atoms with Crippen LogP contribution in [0.25, 0.3) is 11.0 Å². The minimum Gasteiger partial charge on any atom is -0.423 e. The Kier molecular flexibility index (Phi) is 8.51. The number of alkyl halides is 3.